The summed E-state index contributed by atoms with van der Waals surface area (Å²) in [4.78, 5) is 17.8. The van der Waals surface area contributed by atoms with E-state index < -0.39 is 0 Å². The van der Waals surface area contributed by atoms with Crippen molar-refractivity contribution < 1.29 is 4.79 Å². The SMILES string of the molecule is CC(=O)NCC1CCN(C(CN)c2ccccn2)CC1. The highest BCUT2D eigenvalue weighted by atomic mass is 16.1. The number of carbonyl (C=O) groups excluding carboxylic acids is 1. The molecule has 1 saturated heterocycles. The van der Waals surface area contributed by atoms with Gasteiger partial charge in [-0.05, 0) is 44.0 Å². The third-order valence-corrected chi connectivity index (χ3v) is 3.98. The summed E-state index contributed by atoms with van der Waals surface area (Å²) < 4.78 is 0. The Kier molecular flexibility index (Phi) is 5.49. The first-order chi connectivity index (χ1) is 9.70. The number of nitrogens with two attached hydrogens (primary N) is 1. The lowest BCUT2D eigenvalue weighted by atomic mass is 9.95. The van der Waals surface area contributed by atoms with Gasteiger partial charge in [0.2, 0.25) is 5.91 Å². The fourth-order valence-corrected chi connectivity index (χ4v) is 2.79. The minimum atomic E-state index is 0.0562. The highest BCUT2D eigenvalue weighted by molar-refractivity contribution is 5.72. The molecule has 1 aromatic rings. The average Bonchev–Trinajstić information content (AvgIpc) is 2.48. The molecule has 0 radical (unpaired) electrons. The number of hydrogen-bond acceptors (Lipinski definition) is 4. The lowest BCUT2D eigenvalue weighted by Gasteiger charge is -2.36. The van der Waals surface area contributed by atoms with E-state index in [1.165, 1.54) is 0 Å². The zero-order chi connectivity index (χ0) is 14.4. The van der Waals surface area contributed by atoms with Crippen molar-refractivity contribution >= 4 is 5.91 Å². The molecule has 0 spiro atoms. The zero-order valence-corrected chi connectivity index (χ0v) is 12.1. The highest BCUT2D eigenvalue weighted by Gasteiger charge is 2.25. The van der Waals surface area contributed by atoms with E-state index in [1.54, 1.807) is 6.92 Å². The van der Waals surface area contributed by atoms with Crippen LogP contribution in [-0.4, -0.2) is 42.0 Å². The molecule has 1 aliphatic heterocycles. The van der Waals surface area contributed by atoms with Crippen molar-refractivity contribution in [3.63, 3.8) is 0 Å². The standard InChI is InChI=1S/C15H24N4O/c1-12(20)18-11-13-5-8-19(9-6-13)15(10-16)14-4-2-3-7-17-14/h2-4,7,13,15H,5-6,8-11,16H2,1H3,(H,18,20). The van der Waals surface area contributed by atoms with Gasteiger partial charge in [-0.15, -0.1) is 0 Å². The minimum absolute atomic E-state index is 0.0562. The summed E-state index contributed by atoms with van der Waals surface area (Å²) in [5.74, 6) is 0.637. The molecule has 1 unspecified atom stereocenters. The quantitative estimate of drug-likeness (QED) is 0.839. The highest BCUT2D eigenvalue weighted by Crippen LogP contribution is 2.24. The number of hydrogen-bond donors (Lipinski definition) is 2. The first-order valence-electron chi connectivity index (χ1n) is 7.30. The normalized spacial score (nSPS) is 18.7. The fourth-order valence-electron chi connectivity index (χ4n) is 2.79. The number of nitrogens with zero attached hydrogens (tertiary/aromatic N) is 2. The molecule has 5 nitrogen and oxygen atoms in total. The van der Waals surface area contributed by atoms with Crippen molar-refractivity contribution in [1.82, 2.24) is 15.2 Å². The van der Waals surface area contributed by atoms with E-state index in [9.17, 15) is 4.79 Å². The van der Waals surface area contributed by atoms with Gasteiger partial charge in [0, 0.05) is 26.2 Å². The van der Waals surface area contributed by atoms with Crippen LogP contribution in [0.25, 0.3) is 0 Å². The summed E-state index contributed by atoms with van der Waals surface area (Å²) in [7, 11) is 0. The zero-order valence-electron chi connectivity index (χ0n) is 12.1. The predicted molar refractivity (Wildman–Crippen MR) is 79.0 cm³/mol. The number of pyridine rings is 1. The van der Waals surface area contributed by atoms with E-state index in [0.717, 1.165) is 38.2 Å². The molecule has 0 aromatic carbocycles. The third-order valence-electron chi connectivity index (χ3n) is 3.98. The number of piperidine rings is 1. The Hall–Kier alpha value is -1.46. The van der Waals surface area contributed by atoms with E-state index in [2.05, 4.69) is 15.2 Å². The van der Waals surface area contributed by atoms with Gasteiger partial charge in [0.05, 0.1) is 11.7 Å². The van der Waals surface area contributed by atoms with Gasteiger partial charge < -0.3 is 11.1 Å². The van der Waals surface area contributed by atoms with Crippen molar-refractivity contribution in [2.75, 3.05) is 26.2 Å². The summed E-state index contributed by atoms with van der Waals surface area (Å²) in [5, 5.41) is 2.91. The van der Waals surface area contributed by atoms with Crippen LogP contribution < -0.4 is 11.1 Å². The second-order valence-corrected chi connectivity index (χ2v) is 5.42. The molecule has 0 bridgehead atoms. The number of nitrogens with one attached hydrogen (secondary N) is 1. The van der Waals surface area contributed by atoms with Gasteiger partial charge in [0.15, 0.2) is 0 Å². The van der Waals surface area contributed by atoms with Gasteiger partial charge in [-0.3, -0.25) is 14.7 Å². The fraction of sp³-hybridized carbons (Fsp3) is 0.600. The van der Waals surface area contributed by atoms with Gasteiger partial charge in [0.1, 0.15) is 0 Å². The first-order valence-corrected chi connectivity index (χ1v) is 7.30. The Morgan fingerprint density at radius 1 is 1.50 bits per heavy atom. The molecule has 2 rings (SSSR count). The van der Waals surface area contributed by atoms with Crippen molar-refractivity contribution in [2.45, 2.75) is 25.8 Å². The summed E-state index contributed by atoms with van der Waals surface area (Å²) in [6.45, 7) is 4.99. The smallest absolute Gasteiger partial charge is 0.216 e. The molecular formula is C15H24N4O. The average molecular weight is 276 g/mol. The Bertz CT molecular complexity index is 415. The number of carbonyl (C=O) groups is 1. The van der Waals surface area contributed by atoms with E-state index in [1.807, 2.05) is 24.4 Å². The van der Waals surface area contributed by atoms with E-state index in [0.29, 0.717) is 12.5 Å². The lowest BCUT2D eigenvalue weighted by molar-refractivity contribution is -0.119. The molecule has 1 atom stereocenters. The van der Waals surface area contributed by atoms with Crippen molar-refractivity contribution in [1.29, 1.82) is 0 Å². The largest absolute Gasteiger partial charge is 0.356 e. The number of likely N-dealkylation sites (tertiary alicyclic amines) is 1. The van der Waals surface area contributed by atoms with Crippen molar-refractivity contribution in [2.24, 2.45) is 11.7 Å². The third kappa shape index (κ3) is 4.02. The van der Waals surface area contributed by atoms with Crippen LogP contribution >= 0.6 is 0 Å². The Balaban J connectivity index is 1.87. The van der Waals surface area contributed by atoms with E-state index >= 15 is 0 Å². The minimum Gasteiger partial charge on any atom is -0.356 e. The van der Waals surface area contributed by atoms with Gasteiger partial charge in [-0.25, -0.2) is 0 Å². The first kappa shape index (κ1) is 14.9. The molecule has 0 saturated carbocycles. The molecule has 2 heterocycles. The van der Waals surface area contributed by atoms with Crippen LogP contribution in [0.4, 0.5) is 0 Å². The van der Waals surface area contributed by atoms with Crippen LogP contribution in [0.15, 0.2) is 24.4 Å². The van der Waals surface area contributed by atoms with E-state index in [-0.39, 0.29) is 11.9 Å². The molecule has 1 aliphatic rings. The monoisotopic (exact) mass is 276 g/mol. The van der Waals surface area contributed by atoms with Gasteiger partial charge >= 0.3 is 0 Å². The Morgan fingerprint density at radius 2 is 2.25 bits per heavy atom. The maximum atomic E-state index is 10.9. The summed E-state index contributed by atoms with van der Waals surface area (Å²) in [6, 6.07) is 6.18. The van der Waals surface area contributed by atoms with Crippen LogP contribution in [0.1, 0.15) is 31.5 Å². The summed E-state index contributed by atoms with van der Waals surface area (Å²) >= 11 is 0. The van der Waals surface area contributed by atoms with Crippen molar-refractivity contribution in [3.8, 4) is 0 Å². The molecule has 20 heavy (non-hydrogen) atoms. The number of aromatic nitrogens is 1. The van der Waals surface area contributed by atoms with Gasteiger partial charge in [-0.1, -0.05) is 6.07 Å². The lowest BCUT2D eigenvalue weighted by Crippen LogP contribution is -2.42. The van der Waals surface area contributed by atoms with Gasteiger partial charge in [0.25, 0.3) is 0 Å². The molecular weight excluding hydrogens is 252 g/mol. The second-order valence-electron chi connectivity index (χ2n) is 5.42. The number of amides is 1. The summed E-state index contributed by atoms with van der Waals surface area (Å²) in [5.41, 5.74) is 6.98. The van der Waals surface area contributed by atoms with Crippen LogP contribution in [-0.2, 0) is 4.79 Å². The Morgan fingerprint density at radius 3 is 2.80 bits per heavy atom. The molecule has 0 aliphatic carbocycles. The predicted octanol–water partition coefficient (Wildman–Crippen LogP) is 0.930. The second kappa shape index (κ2) is 7.36. The van der Waals surface area contributed by atoms with Crippen LogP contribution in [0.2, 0.25) is 0 Å². The topological polar surface area (TPSA) is 71.2 Å². The van der Waals surface area contributed by atoms with Crippen molar-refractivity contribution in [3.05, 3.63) is 30.1 Å². The van der Waals surface area contributed by atoms with Crippen LogP contribution in [0.3, 0.4) is 0 Å². The molecule has 1 amide bonds. The summed E-state index contributed by atoms with van der Waals surface area (Å²) in [6.07, 6.45) is 4.02. The van der Waals surface area contributed by atoms with Gasteiger partial charge in [-0.2, -0.15) is 0 Å². The maximum Gasteiger partial charge on any atom is 0.216 e. The molecule has 3 N–H and O–H groups in total. The van der Waals surface area contributed by atoms with E-state index in [4.69, 9.17) is 5.73 Å². The molecule has 1 aromatic heterocycles. The van der Waals surface area contributed by atoms with Crippen LogP contribution in [0, 0.1) is 5.92 Å². The molecule has 5 heteroatoms. The Labute approximate surface area is 120 Å². The molecule has 110 valence electrons. The maximum absolute atomic E-state index is 10.9. The van der Waals surface area contributed by atoms with Crippen LogP contribution in [0.5, 0.6) is 0 Å². The number of rotatable bonds is 5. The molecule has 1 fully saturated rings.